The summed E-state index contributed by atoms with van der Waals surface area (Å²) in [5.74, 6) is 1.43. The molecule has 1 aliphatic heterocycles. The maximum atomic E-state index is 5.40. The van der Waals surface area contributed by atoms with Crippen molar-refractivity contribution in [1.29, 1.82) is 0 Å². The highest BCUT2D eigenvalue weighted by molar-refractivity contribution is 7.99. The highest BCUT2D eigenvalue weighted by Gasteiger charge is 2.20. The molecule has 1 saturated carbocycles. The Labute approximate surface area is 130 Å². The Morgan fingerprint density at radius 3 is 2.57 bits per heavy atom. The summed E-state index contributed by atoms with van der Waals surface area (Å²) in [6.45, 7) is 3.18. The average molecular weight is 309 g/mol. The van der Waals surface area contributed by atoms with Crippen LogP contribution in [0.2, 0.25) is 0 Å². The summed E-state index contributed by atoms with van der Waals surface area (Å²) < 4.78 is 5.40. The van der Waals surface area contributed by atoms with Crippen molar-refractivity contribution in [3.05, 3.63) is 0 Å². The van der Waals surface area contributed by atoms with Crippen molar-refractivity contribution >= 4 is 23.7 Å². The second-order valence-electron chi connectivity index (χ2n) is 5.47. The summed E-state index contributed by atoms with van der Waals surface area (Å²) >= 11 is 1.81. The van der Waals surface area contributed by atoms with Crippen molar-refractivity contribution in [2.75, 3.05) is 43.6 Å². The number of rotatable bonds is 4. The second-order valence-corrected chi connectivity index (χ2v) is 6.74. The van der Waals surface area contributed by atoms with Gasteiger partial charge in [-0.1, -0.05) is 31.0 Å². The first kappa shape index (κ1) is 14.8. The largest absolute Gasteiger partial charge is 0.378 e. The Kier molecular flexibility index (Phi) is 5.13. The molecular formula is C14H23N5OS. The lowest BCUT2D eigenvalue weighted by molar-refractivity contribution is 0.122. The first-order chi connectivity index (χ1) is 10.3. The van der Waals surface area contributed by atoms with Crippen LogP contribution in [0, 0.1) is 0 Å². The van der Waals surface area contributed by atoms with Crippen LogP contribution in [0.25, 0.3) is 0 Å². The van der Waals surface area contributed by atoms with E-state index >= 15 is 0 Å². The number of nitrogens with one attached hydrogen (secondary N) is 1. The van der Waals surface area contributed by atoms with Crippen molar-refractivity contribution in [3.63, 3.8) is 0 Å². The van der Waals surface area contributed by atoms with Crippen LogP contribution in [-0.2, 0) is 4.74 Å². The number of nitrogens with zero attached hydrogens (tertiary/aromatic N) is 4. The van der Waals surface area contributed by atoms with Gasteiger partial charge in [0.05, 0.1) is 13.2 Å². The van der Waals surface area contributed by atoms with Gasteiger partial charge >= 0.3 is 0 Å². The third kappa shape index (κ3) is 3.97. The average Bonchev–Trinajstić information content (AvgIpc) is 2.56. The first-order valence-corrected chi connectivity index (χ1v) is 8.66. The Balaban J connectivity index is 1.75. The van der Waals surface area contributed by atoms with E-state index in [1.807, 2.05) is 18.8 Å². The predicted molar refractivity (Wildman–Crippen MR) is 85.1 cm³/mol. The number of hydrogen-bond acceptors (Lipinski definition) is 7. The fourth-order valence-corrected chi connectivity index (χ4v) is 3.89. The molecule has 21 heavy (non-hydrogen) atoms. The fraction of sp³-hybridized carbons (Fsp3) is 0.786. The number of aromatic nitrogens is 3. The van der Waals surface area contributed by atoms with Gasteiger partial charge in [0.15, 0.2) is 5.16 Å². The molecule has 1 N–H and O–H groups in total. The molecule has 116 valence electrons. The second kappa shape index (κ2) is 7.26. The third-order valence-electron chi connectivity index (χ3n) is 3.94. The monoisotopic (exact) mass is 309 g/mol. The standard InChI is InChI=1S/C14H23N5OS/c1-15-12-16-13(19-7-9-20-10-8-19)18-14(17-12)21-11-5-3-2-4-6-11/h11H,2-10H2,1H3,(H,15,16,17,18). The van der Waals surface area contributed by atoms with E-state index in [2.05, 4.69) is 25.2 Å². The van der Waals surface area contributed by atoms with Crippen LogP contribution in [-0.4, -0.2) is 53.6 Å². The quantitative estimate of drug-likeness (QED) is 0.914. The topological polar surface area (TPSA) is 63.2 Å². The molecule has 0 bridgehead atoms. The maximum Gasteiger partial charge on any atom is 0.231 e. The molecule has 1 aliphatic carbocycles. The highest BCUT2D eigenvalue weighted by Crippen LogP contribution is 2.32. The minimum Gasteiger partial charge on any atom is -0.378 e. The Morgan fingerprint density at radius 1 is 1.10 bits per heavy atom. The van der Waals surface area contributed by atoms with Gasteiger partial charge in [0.25, 0.3) is 0 Å². The van der Waals surface area contributed by atoms with E-state index in [9.17, 15) is 0 Å². The summed E-state index contributed by atoms with van der Waals surface area (Å²) in [4.78, 5) is 15.9. The molecule has 0 spiro atoms. The molecule has 0 radical (unpaired) electrons. The predicted octanol–water partition coefficient (Wildman–Crippen LogP) is 2.17. The van der Waals surface area contributed by atoms with E-state index in [4.69, 9.17) is 4.74 Å². The van der Waals surface area contributed by atoms with Gasteiger partial charge in [-0.05, 0) is 12.8 Å². The molecule has 0 atom stereocenters. The van der Waals surface area contributed by atoms with Gasteiger partial charge in [-0.15, -0.1) is 0 Å². The van der Waals surface area contributed by atoms with E-state index < -0.39 is 0 Å². The zero-order valence-corrected chi connectivity index (χ0v) is 13.4. The molecule has 2 aliphatic rings. The summed E-state index contributed by atoms with van der Waals surface area (Å²) in [7, 11) is 1.85. The molecule has 2 fully saturated rings. The molecule has 2 heterocycles. The van der Waals surface area contributed by atoms with Crippen LogP contribution in [0.5, 0.6) is 0 Å². The van der Waals surface area contributed by atoms with Crippen molar-refractivity contribution in [1.82, 2.24) is 15.0 Å². The van der Waals surface area contributed by atoms with E-state index in [-0.39, 0.29) is 0 Å². The number of hydrogen-bond donors (Lipinski definition) is 1. The van der Waals surface area contributed by atoms with E-state index in [0.717, 1.165) is 37.4 Å². The van der Waals surface area contributed by atoms with Gasteiger partial charge in [0.1, 0.15) is 0 Å². The van der Waals surface area contributed by atoms with Gasteiger partial charge in [-0.2, -0.15) is 15.0 Å². The van der Waals surface area contributed by atoms with Crippen LogP contribution in [0.15, 0.2) is 5.16 Å². The Hall–Kier alpha value is -1.08. The first-order valence-electron chi connectivity index (χ1n) is 7.78. The van der Waals surface area contributed by atoms with E-state index in [1.54, 1.807) is 0 Å². The molecule has 7 heteroatoms. The highest BCUT2D eigenvalue weighted by atomic mass is 32.2. The van der Waals surface area contributed by atoms with E-state index in [1.165, 1.54) is 32.1 Å². The van der Waals surface area contributed by atoms with Crippen LogP contribution in [0.1, 0.15) is 32.1 Å². The summed E-state index contributed by atoms with van der Waals surface area (Å²) in [5.41, 5.74) is 0. The Morgan fingerprint density at radius 2 is 1.86 bits per heavy atom. The minimum absolute atomic E-state index is 0.656. The summed E-state index contributed by atoms with van der Waals surface area (Å²) in [6.07, 6.45) is 6.58. The third-order valence-corrected chi connectivity index (χ3v) is 5.14. The molecule has 0 amide bonds. The van der Waals surface area contributed by atoms with Crippen molar-refractivity contribution in [3.8, 4) is 0 Å². The fourth-order valence-electron chi connectivity index (χ4n) is 2.75. The smallest absolute Gasteiger partial charge is 0.231 e. The van der Waals surface area contributed by atoms with Gasteiger partial charge in [-0.25, -0.2) is 0 Å². The lowest BCUT2D eigenvalue weighted by Crippen LogP contribution is -2.37. The zero-order chi connectivity index (χ0) is 14.5. The zero-order valence-electron chi connectivity index (χ0n) is 12.5. The summed E-state index contributed by atoms with van der Waals surface area (Å²) in [5, 5.41) is 4.56. The lowest BCUT2D eigenvalue weighted by atomic mass is 10.0. The number of morpholine rings is 1. The van der Waals surface area contributed by atoms with E-state index in [0.29, 0.717) is 11.2 Å². The van der Waals surface area contributed by atoms with Gasteiger partial charge in [-0.3, -0.25) is 0 Å². The van der Waals surface area contributed by atoms with Gasteiger partial charge in [0, 0.05) is 25.4 Å². The van der Waals surface area contributed by atoms with Crippen LogP contribution in [0.4, 0.5) is 11.9 Å². The maximum absolute atomic E-state index is 5.40. The van der Waals surface area contributed by atoms with Crippen LogP contribution < -0.4 is 10.2 Å². The lowest BCUT2D eigenvalue weighted by Gasteiger charge is -2.27. The van der Waals surface area contributed by atoms with Gasteiger partial charge in [0.2, 0.25) is 11.9 Å². The normalized spacial score (nSPS) is 20.5. The SMILES string of the molecule is CNc1nc(SC2CCCCC2)nc(N2CCOCC2)n1. The number of ether oxygens (including phenoxy) is 1. The molecule has 1 saturated heterocycles. The number of thioether (sulfide) groups is 1. The molecule has 0 unspecified atom stereocenters. The number of anilines is 2. The summed E-state index contributed by atoms with van der Waals surface area (Å²) in [6, 6.07) is 0. The van der Waals surface area contributed by atoms with Crippen LogP contribution >= 0.6 is 11.8 Å². The Bertz CT molecular complexity index is 461. The molecule has 6 nitrogen and oxygen atoms in total. The van der Waals surface area contributed by atoms with Crippen LogP contribution in [0.3, 0.4) is 0 Å². The van der Waals surface area contributed by atoms with Crippen molar-refractivity contribution in [2.24, 2.45) is 0 Å². The van der Waals surface area contributed by atoms with Crippen molar-refractivity contribution < 1.29 is 4.74 Å². The van der Waals surface area contributed by atoms with Crippen molar-refractivity contribution in [2.45, 2.75) is 42.5 Å². The molecule has 0 aromatic carbocycles. The van der Waals surface area contributed by atoms with Gasteiger partial charge < -0.3 is 15.0 Å². The molecule has 1 aromatic heterocycles. The molecule has 3 rings (SSSR count). The molecule has 1 aromatic rings. The minimum atomic E-state index is 0.656. The molecular weight excluding hydrogens is 286 g/mol.